The van der Waals surface area contributed by atoms with E-state index in [9.17, 15) is 4.79 Å². The van der Waals surface area contributed by atoms with Gasteiger partial charge in [0, 0.05) is 58.1 Å². The highest BCUT2D eigenvalue weighted by atomic mass is 35.5. The maximum atomic E-state index is 12.9. The Morgan fingerprint density at radius 2 is 1.73 bits per heavy atom. The van der Waals surface area contributed by atoms with E-state index < -0.39 is 0 Å². The third-order valence-corrected chi connectivity index (χ3v) is 6.33. The topological polar surface area (TPSA) is 80.5 Å². The SMILES string of the molecule is CC1CN(C(=O)c2ccc(-c3cnc(N)c(OCc4c(Cl)cccc4Cl)c3)cc2)CC(C)N1. The van der Waals surface area contributed by atoms with Crippen LogP contribution in [0.15, 0.2) is 54.7 Å². The van der Waals surface area contributed by atoms with Crippen LogP contribution < -0.4 is 15.8 Å². The molecule has 1 saturated heterocycles. The molecular weight excluding hydrogens is 459 g/mol. The highest BCUT2D eigenvalue weighted by Gasteiger charge is 2.25. The van der Waals surface area contributed by atoms with Gasteiger partial charge in [-0.2, -0.15) is 0 Å². The van der Waals surface area contributed by atoms with Gasteiger partial charge in [0.1, 0.15) is 6.61 Å². The molecule has 0 radical (unpaired) electrons. The lowest BCUT2D eigenvalue weighted by molar-refractivity contribution is 0.0674. The molecule has 1 fully saturated rings. The zero-order valence-corrected chi connectivity index (χ0v) is 20.0. The fourth-order valence-electron chi connectivity index (χ4n) is 4.03. The molecule has 1 aliphatic heterocycles. The minimum Gasteiger partial charge on any atom is -0.485 e. The molecule has 8 heteroatoms. The molecule has 3 aromatic rings. The van der Waals surface area contributed by atoms with Gasteiger partial charge in [0.25, 0.3) is 5.91 Å². The van der Waals surface area contributed by atoms with Crippen LogP contribution in [-0.4, -0.2) is 41.0 Å². The Bertz CT molecular complexity index is 1120. The number of hydrogen-bond donors (Lipinski definition) is 2. The highest BCUT2D eigenvalue weighted by Crippen LogP contribution is 2.30. The van der Waals surface area contributed by atoms with E-state index in [1.807, 2.05) is 35.2 Å². The summed E-state index contributed by atoms with van der Waals surface area (Å²) < 4.78 is 5.88. The van der Waals surface area contributed by atoms with Gasteiger partial charge in [0.2, 0.25) is 0 Å². The van der Waals surface area contributed by atoms with Crippen LogP contribution in [0.2, 0.25) is 10.0 Å². The van der Waals surface area contributed by atoms with E-state index in [1.54, 1.807) is 24.4 Å². The first-order valence-corrected chi connectivity index (χ1v) is 11.5. The van der Waals surface area contributed by atoms with Crippen molar-refractivity contribution in [3.8, 4) is 16.9 Å². The fourth-order valence-corrected chi connectivity index (χ4v) is 4.54. The number of anilines is 1. The minimum absolute atomic E-state index is 0.0396. The van der Waals surface area contributed by atoms with E-state index >= 15 is 0 Å². The summed E-state index contributed by atoms with van der Waals surface area (Å²) in [7, 11) is 0. The van der Waals surface area contributed by atoms with Crippen molar-refractivity contribution in [3.63, 3.8) is 0 Å². The number of hydrogen-bond acceptors (Lipinski definition) is 5. The number of nitrogen functional groups attached to an aromatic ring is 1. The summed E-state index contributed by atoms with van der Waals surface area (Å²) >= 11 is 12.5. The number of carbonyl (C=O) groups is 1. The number of ether oxygens (including phenoxy) is 1. The van der Waals surface area contributed by atoms with Gasteiger partial charge < -0.3 is 20.7 Å². The highest BCUT2D eigenvalue weighted by molar-refractivity contribution is 6.35. The summed E-state index contributed by atoms with van der Waals surface area (Å²) in [6, 6.07) is 15.2. The lowest BCUT2D eigenvalue weighted by Gasteiger charge is -2.36. The molecule has 1 amide bonds. The summed E-state index contributed by atoms with van der Waals surface area (Å²) in [6.45, 7) is 5.74. The molecule has 2 atom stereocenters. The molecule has 33 heavy (non-hydrogen) atoms. The van der Waals surface area contributed by atoms with Crippen LogP contribution in [0.3, 0.4) is 0 Å². The maximum absolute atomic E-state index is 12.9. The smallest absolute Gasteiger partial charge is 0.253 e. The standard InChI is InChI=1S/C25H26Cl2N4O2/c1-15-12-31(13-16(2)30-15)25(32)18-8-6-17(7-9-18)19-10-23(24(28)29-11-19)33-14-20-21(26)4-3-5-22(20)27/h3-11,15-16,30H,12-14H2,1-2H3,(H2,28,29). The number of nitrogens with zero attached hydrogens (tertiary/aromatic N) is 2. The van der Waals surface area contributed by atoms with Crippen molar-refractivity contribution >= 4 is 34.9 Å². The van der Waals surface area contributed by atoms with Crippen molar-refractivity contribution < 1.29 is 9.53 Å². The fraction of sp³-hybridized carbons (Fsp3) is 0.280. The molecule has 2 heterocycles. The number of aromatic nitrogens is 1. The molecule has 1 aromatic heterocycles. The second kappa shape index (κ2) is 10.00. The lowest BCUT2D eigenvalue weighted by Crippen LogP contribution is -2.55. The van der Waals surface area contributed by atoms with E-state index in [2.05, 4.69) is 24.1 Å². The average Bonchev–Trinajstić information content (AvgIpc) is 2.79. The van der Waals surface area contributed by atoms with Crippen molar-refractivity contribution in [2.75, 3.05) is 18.8 Å². The second-order valence-corrected chi connectivity index (χ2v) is 9.17. The van der Waals surface area contributed by atoms with Crippen molar-refractivity contribution in [2.45, 2.75) is 32.5 Å². The lowest BCUT2D eigenvalue weighted by atomic mass is 10.0. The van der Waals surface area contributed by atoms with E-state index in [1.165, 1.54) is 0 Å². The summed E-state index contributed by atoms with van der Waals surface area (Å²) in [4.78, 5) is 19.1. The normalized spacial score (nSPS) is 18.2. The summed E-state index contributed by atoms with van der Waals surface area (Å²) in [5.74, 6) is 0.751. The predicted octanol–water partition coefficient (Wildman–Crippen LogP) is 5.04. The molecule has 1 aliphatic rings. The molecular formula is C25H26Cl2N4O2. The van der Waals surface area contributed by atoms with Crippen LogP contribution in [-0.2, 0) is 6.61 Å². The zero-order chi connectivity index (χ0) is 23.5. The van der Waals surface area contributed by atoms with Crippen LogP contribution >= 0.6 is 23.2 Å². The van der Waals surface area contributed by atoms with Gasteiger partial charge in [-0.1, -0.05) is 41.4 Å². The number of amides is 1. The average molecular weight is 485 g/mol. The van der Waals surface area contributed by atoms with Crippen LogP contribution in [0, 0.1) is 0 Å². The Balaban J connectivity index is 1.50. The van der Waals surface area contributed by atoms with Gasteiger partial charge in [-0.25, -0.2) is 4.98 Å². The molecule has 0 bridgehead atoms. The largest absolute Gasteiger partial charge is 0.485 e. The third-order valence-electron chi connectivity index (χ3n) is 5.63. The molecule has 6 nitrogen and oxygen atoms in total. The van der Waals surface area contributed by atoms with E-state index in [4.69, 9.17) is 33.7 Å². The van der Waals surface area contributed by atoms with Crippen LogP contribution in [0.5, 0.6) is 5.75 Å². The minimum atomic E-state index is 0.0396. The number of benzene rings is 2. The Hall–Kier alpha value is -2.80. The van der Waals surface area contributed by atoms with Crippen LogP contribution in [0.25, 0.3) is 11.1 Å². The van der Waals surface area contributed by atoms with Crippen molar-refractivity contribution in [2.24, 2.45) is 0 Å². The maximum Gasteiger partial charge on any atom is 0.253 e. The van der Waals surface area contributed by atoms with E-state index in [0.29, 0.717) is 40.0 Å². The summed E-state index contributed by atoms with van der Waals surface area (Å²) in [6.07, 6.45) is 1.68. The molecule has 0 saturated carbocycles. The predicted molar refractivity (Wildman–Crippen MR) is 133 cm³/mol. The van der Waals surface area contributed by atoms with E-state index in [-0.39, 0.29) is 30.4 Å². The Morgan fingerprint density at radius 1 is 1.09 bits per heavy atom. The molecule has 0 aliphatic carbocycles. The molecule has 2 aromatic carbocycles. The quantitative estimate of drug-likeness (QED) is 0.530. The monoisotopic (exact) mass is 484 g/mol. The number of carbonyl (C=O) groups excluding carboxylic acids is 1. The van der Waals surface area contributed by atoms with Gasteiger partial charge >= 0.3 is 0 Å². The van der Waals surface area contributed by atoms with Crippen molar-refractivity contribution in [3.05, 3.63) is 75.9 Å². The van der Waals surface area contributed by atoms with Gasteiger partial charge in [-0.3, -0.25) is 4.79 Å². The van der Waals surface area contributed by atoms with Crippen LogP contribution in [0.1, 0.15) is 29.8 Å². The van der Waals surface area contributed by atoms with Gasteiger partial charge in [0.05, 0.1) is 0 Å². The van der Waals surface area contributed by atoms with Crippen LogP contribution in [0.4, 0.5) is 5.82 Å². The Morgan fingerprint density at radius 3 is 2.36 bits per heavy atom. The number of halogens is 2. The zero-order valence-electron chi connectivity index (χ0n) is 18.5. The van der Waals surface area contributed by atoms with Gasteiger partial charge in [-0.15, -0.1) is 0 Å². The Kier molecular flexibility index (Phi) is 7.08. The first-order chi connectivity index (χ1) is 15.8. The summed E-state index contributed by atoms with van der Waals surface area (Å²) in [5.41, 5.74) is 9.10. The van der Waals surface area contributed by atoms with Gasteiger partial charge in [0.15, 0.2) is 11.6 Å². The Labute approximate surface area is 203 Å². The van der Waals surface area contributed by atoms with Gasteiger partial charge in [-0.05, 0) is 49.7 Å². The first-order valence-electron chi connectivity index (χ1n) is 10.8. The summed E-state index contributed by atoms with van der Waals surface area (Å²) in [5, 5.41) is 4.50. The van der Waals surface area contributed by atoms with Crippen molar-refractivity contribution in [1.82, 2.24) is 15.2 Å². The van der Waals surface area contributed by atoms with E-state index in [0.717, 1.165) is 11.1 Å². The third kappa shape index (κ3) is 5.41. The second-order valence-electron chi connectivity index (χ2n) is 8.35. The molecule has 172 valence electrons. The number of nitrogens with two attached hydrogens (primary N) is 1. The number of nitrogens with one attached hydrogen (secondary N) is 1. The molecule has 4 rings (SSSR count). The number of rotatable bonds is 5. The first kappa shape index (κ1) is 23.4. The number of pyridine rings is 1. The molecule has 2 unspecified atom stereocenters. The number of piperazine rings is 1. The molecule has 3 N–H and O–H groups in total. The molecule has 0 spiro atoms. The van der Waals surface area contributed by atoms with Crippen molar-refractivity contribution in [1.29, 1.82) is 0 Å².